The van der Waals surface area contributed by atoms with Gasteiger partial charge in [-0.05, 0) is 31.2 Å². The van der Waals surface area contributed by atoms with Gasteiger partial charge in [-0.15, -0.1) is 0 Å². The number of aliphatic hydroxyl groups excluding tert-OH is 2. The Labute approximate surface area is 166 Å². The topological polar surface area (TPSA) is 124 Å². The van der Waals surface area contributed by atoms with E-state index in [1.165, 1.54) is 0 Å². The third kappa shape index (κ3) is 2.10. The minimum atomic E-state index is -1.27. The number of carbonyl (C=O) groups excluding carboxylic acids is 2. The number of rotatable bonds is 3. The molecule has 1 aromatic carbocycles. The van der Waals surface area contributed by atoms with Crippen molar-refractivity contribution in [1.29, 1.82) is 5.26 Å². The molecule has 0 unspecified atom stereocenters. The molecule has 3 aliphatic heterocycles. The van der Waals surface area contributed by atoms with Crippen molar-refractivity contribution in [1.82, 2.24) is 4.98 Å². The maximum Gasteiger partial charge on any atom is 0.240 e. The summed E-state index contributed by atoms with van der Waals surface area (Å²) in [4.78, 5) is 32.3. The quantitative estimate of drug-likeness (QED) is 0.742. The van der Waals surface area contributed by atoms with Crippen LogP contribution in [0.1, 0.15) is 25.3 Å². The molecule has 2 N–H and O–H groups in total. The Kier molecular flexibility index (Phi) is 3.65. The number of nitriles is 1. The SMILES string of the molecule is C[C@]12C[C@H](O)[C@](CCO)(O1)[C@@H]1C(=O)N(c3ccc(C#N)c4ncccc34)C(=O)[C@@H]12. The van der Waals surface area contributed by atoms with E-state index >= 15 is 0 Å². The number of aliphatic hydroxyl groups is 2. The Morgan fingerprint density at radius 2 is 2.07 bits per heavy atom. The lowest BCUT2D eigenvalue weighted by Gasteiger charge is -2.34. The number of carbonyl (C=O) groups is 2. The second-order valence-electron chi connectivity index (χ2n) is 8.17. The fourth-order valence-electron chi connectivity index (χ4n) is 5.57. The highest BCUT2D eigenvalue weighted by Gasteiger charge is 2.77. The zero-order valence-corrected chi connectivity index (χ0v) is 15.7. The number of pyridine rings is 1. The lowest BCUT2D eigenvalue weighted by Crippen LogP contribution is -2.51. The Bertz CT molecular complexity index is 1110. The van der Waals surface area contributed by atoms with Crippen LogP contribution in [0.3, 0.4) is 0 Å². The van der Waals surface area contributed by atoms with E-state index < -0.39 is 35.0 Å². The summed E-state index contributed by atoms with van der Waals surface area (Å²) in [5.74, 6) is -2.43. The lowest BCUT2D eigenvalue weighted by molar-refractivity contribution is -0.137. The minimum absolute atomic E-state index is 0.0768. The van der Waals surface area contributed by atoms with Gasteiger partial charge in [0.1, 0.15) is 11.7 Å². The van der Waals surface area contributed by atoms with E-state index in [4.69, 9.17) is 4.74 Å². The molecule has 0 saturated carbocycles. The molecule has 2 bridgehead atoms. The Balaban J connectivity index is 1.68. The number of imide groups is 1. The Hall–Kier alpha value is -2.86. The molecule has 0 radical (unpaired) electrons. The first kappa shape index (κ1) is 18.2. The van der Waals surface area contributed by atoms with E-state index in [0.717, 1.165) is 4.90 Å². The van der Waals surface area contributed by atoms with Crippen molar-refractivity contribution in [3.63, 3.8) is 0 Å². The van der Waals surface area contributed by atoms with Crippen molar-refractivity contribution < 1.29 is 24.5 Å². The summed E-state index contributed by atoms with van der Waals surface area (Å²) < 4.78 is 6.08. The van der Waals surface area contributed by atoms with Crippen molar-refractivity contribution in [2.24, 2.45) is 11.8 Å². The number of ether oxygens (including phenoxy) is 1. The highest BCUT2D eigenvalue weighted by Crippen LogP contribution is 2.62. The van der Waals surface area contributed by atoms with Crippen LogP contribution in [0.2, 0.25) is 0 Å². The van der Waals surface area contributed by atoms with Gasteiger partial charge in [-0.2, -0.15) is 5.26 Å². The molecule has 3 fully saturated rings. The summed E-state index contributed by atoms with van der Waals surface area (Å²) in [5, 5.41) is 30.1. The van der Waals surface area contributed by atoms with Gasteiger partial charge in [0.15, 0.2) is 0 Å². The molecule has 2 amide bonds. The van der Waals surface area contributed by atoms with Gasteiger partial charge in [0.25, 0.3) is 0 Å². The van der Waals surface area contributed by atoms with Crippen molar-refractivity contribution >= 4 is 28.4 Å². The van der Waals surface area contributed by atoms with Gasteiger partial charge in [0.05, 0.1) is 40.3 Å². The number of anilines is 1. The molecule has 5 atom stereocenters. The van der Waals surface area contributed by atoms with Gasteiger partial charge in [-0.25, -0.2) is 4.90 Å². The average molecular weight is 393 g/mol. The first-order valence-corrected chi connectivity index (χ1v) is 9.53. The molecule has 148 valence electrons. The summed E-state index contributed by atoms with van der Waals surface area (Å²) in [5.41, 5.74) is -1.10. The smallest absolute Gasteiger partial charge is 0.240 e. The Morgan fingerprint density at radius 1 is 1.31 bits per heavy atom. The summed E-state index contributed by atoms with van der Waals surface area (Å²) in [7, 11) is 0. The minimum Gasteiger partial charge on any atom is -0.396 e. The van der Waals surface area contributed by atoms with Crippen molar-refractivity contribution in [2.75, 3.05) is 11.5 Å². The van der Waals surface area contributed by atoms with Crippen LogP contribution in [0, 0.1) is 23.2 Å². The highest BCUT2D eigenvalue weighted by atomic mass is 16.6. The van der Waals surface area contributed by atoms with E-state index in [9.17, 15) is 25.1 Å². The molecule has 5 rings (SSSR count). The van der Waals surface area contributed by atoms with Crippen LogP contribution in [0.4, 0.5) is 5.69 Å². The summed E-state index contributed by atoms with van der Waals surface area (Å²) in [6.45, 7) is 1.48. The average Bonchev–Trinajstić information content (AvgIpc) is 3.23. The van der Waals surface area contributed by atoms with Crippen LogP contribution in [0.5, 0.6) is 0 Å². The van der Waals surface area contributed by atoms with Gasteiger partial charge in [0, 0.05) is 31.0 Å². The maximum atomic E-state index is 13.5. The second-order valence-corrected chi connectivity index (χ2v) is 8.17. The van der Waals surface area contributed by atoms with Crippen molar-refractivity contribution in [2.45, 2.75) is 37.1 Å². The molecule has 8 nitrogen and oxygen atoms in total. The molecule has 2 aromatic rings. The molecule has 8 heteroatoms. The first-order valence-electron chi connectivity index (χ1n) is 9.53. The fraction of sp³-hybridized carbons (Fsp3) is 0.429. The molecule has 3 saturated heterocycles. The highest BCUT2D eigenvalue weighted by molar-refractivity contribution is 6.26. The van der Waals surface area contributed by atoms with Gasteiger partial charge in [0.2, 0.25) is 11.8 Å². The molecular formula is C21H19N3O5. The Morgan fingerprint density at radius 3 is 2.79 bits per heavy atom. The number of aromatic nitrogens is 1. The molecule has 4 heterocycles. The number of amides is 2. The van der Waals surface area contributed by atoms with Crippen LogP contribution >= 0.6 is 0 Å². The van der Waals surface area contributed by atoms with Crippen LogP contribution < -0.4 is 4.90 Å². The van der Waals surface area contributed by atoms with Crippen molar-refractivity contribution in [3.05, 3.63) is 36.0 Å². The van der Waals surface area contributed by atoms with Crippen LogP contribution in [0.25, 0.3) is 10.9 Å². The number of hydrogen-bond acceptors (Lipinski definition) is 7. The van der Waals surface area contributed by atoms with E-state index in [2.05, 4.69) is 11.1 Å². The standard InChI is InChI=1S/C21H19N3O5/c1-20-9-14(26)21(29-20,6-8-25)16-15(20)18(27)24(19(16)28)13-5-4-11(10-22)17-12(13)3-2-7-23-17/h2-5,7,14-16,25-26H,6,8-9H2,1H3/t14-,15+,16-,20+,21-/m0/s1. The van der Waals surface area contributed by atoms with Gasteiger partial charge >= 0.3 is 0 Å². The third-order valence-corrected chi connectivity index (χ3v) is 6.69. The van der Waals surface area contributed by atoms with Gasteiger partial charge in [-0.3, -0.25) is 14.6 Å². The van der Waals surface area contributed by atoms with Gasteiger partial charge < -0.3 is 14.9 Å². The molecule has 29 heavy (non-hydrogen) atoms. The predicted molar refractivity (Wildman–Crippen MR) is 100 cm³/mol. The van der Waals surface area contributed by atoms with E-state index in [1.807, 2.05) is 0 Å². The van der Waals surface area contributed by atoms with E-state index in [0.29, 0.717) is 22.2 Å². The largest absolute Gasteiger partial charge is 0.396 e. The lowest BCUT2D eigenvalue weighted by atomic mass is 9.66. The zero-order chi connectivity index (χ0) is 20.6. The first-order chi connectivity index (χ1) is 13.9. The van der Waals surface area contributed by atoms with Gasteiger partial charge in [-0.1, -0.05) is 0 Å². The number of fused-ring (bicyclic) bond motifs is 6. The summed E-state index contributed by atoms with van der Waals surface area (Å²) in [6, 6.07) is 8.61. The van der Waals surface area contributed by atoms with Crippen LogP contribution in [0.15, 0.2) is 30.5 Å². The molecule has 0 spiro atoms. The number of nitrogens with zero attached hydrogens (tertiary/aromatic N) is 3. The monoisotopic (exact) mass is 393 g/mol. The van der Waals surface area contributed by atoms with E-state index in [1.54, 1.807) is 37.4 Å². The summed E-state index contributed by atoms with van der Waals surface area (Å²) >= 11 is 0. The molecule has 3 aliphatic rings. The fourth-order valence-corrected chi connectivity index (χ4v) is 5.57. The molecule has 1 aromatic heterocycles. The zero-order valence-electron chi connectivity index (χ0n) is 15.7. The maximum absolute atomic E-state index is 13.5. The molecule has 0 aliphatic carbocycles. The third-order valence-electron chi connectivity index (χ3n) is 6.69. The number of benzene rings is 1. The summed E-state index contributed by atoms with van der Waals surface area (Å²) in [6.07, 6.45) is 0.929. The predicted octanol–water partition coefficient (Wildman–Crippen LogP) is 0.887. The second kappa shape index (κ2) is 5.83. The molecular weight excluding hydrogens is 374 g/mol. The van der Waals surface area contributed by atoms with Crippen LogP contribution in [-0.2, 0) is 14.3 Å². The van der Waals surface area contributed by atoms with E-state index in [-0.39, 0.29) is 25.4 Å². The van der Waals surface area contributed by atoms with Crippen LogP contribution in [-0.4, -0.2) is 50.9 Å². The normalized spacial score (nSPS) is 35.4. The van der Waals surface area contributed by atoms with Crippen molar-refractivity contribution in [3.8, 4) is 6.07 Å². The number of hydrogen-bond donors (Lipinski definition) is 2.